The molecule has 122 valence electrons. The van der Waals surface area contributed by atoms with E-state index in [2.05, 4.69) is 15.5 Å². The highest BCUT2D eigenvalue weighted by Crippen LogP contribution is 2.31. The van der Waals surface area contributed by atoms with Crippen LogP contribution in [-0.4, -0.2) is 29.3 Å². The molecule has 1 aromatic heterocycles. The number of benzene rings is 1. The number of nitrogens with one attached hydrogen (secondary N) is 1. The second-order valence-electron chi connectivity index (χ2n) is 5.55. The van der Waals surface area contributed by atoms with Crippen LogP contribution in [-0.2, 0) is 9.53 Å². The number of hydrogen-bond acceptors (Lipinski definition) is 6. The molecule has 1 atom stereocenters. The Balaban J connectivity index is 1.53. The monoisotopic (exact) mass is 333 g/mol. The van der Waals surface area contributed by atoms with Crippen molar-refractivity contribution < 1.29 is 14.3 Å². The van der Waals surface area contributed by atoms with Gasteiger partial charge in [-0.1, -0.05) is 29.0 Å². The van der Waals surface area contributed by atoms with E-state index in [1.807, 2.05) is 32.0 Å². The van der Waals surface area contributed by atoms with Gasteiger partial charge in [-0.2, -0.15) is 0 Å². The minimum atomic E-state index is -0.250. The first-order valence-corrected chi connectivity index (χ1v) is 8.38. The third-order valence-electron chi connectivity index (χ3n) is 3.58. The molecule has 1 aliphatic rings. The average Bonchev–Trinajstić information content (AvgIpc) is 3.17. The van der Waals surface area contributed by atoms with Crippen molar-refractivity contribution in [3.63, 3.8) is 0 Å². The van der Waals surface area contributed by atoms with Gasteiger partial charge in [-0.15, -0.1) is 10.2 Å². The van der Waals surface area contributed by atoms with Crippen LogP contribution in [0.4, 0.5) is 5.13 Å². The fraction of sp³-hybridized carbons (Fsp3) is 0.438. The van der Waals surface area contributed by atoms with Crippen molar-refractivity contribution in [1.82, 2.24) is 10.2 Å². The Kier molecular flexibility index (Phi) is 4.88. The summed E-state index contributed by atoms with van der Waals surface area (Å²) < 4.78 is 11.1. The first-order valence-electron chi connectivity index (χ1n) is 7.57. The molecular weight excluding hydrogens is 314 g/mol. The number of aryl methyl sites for hydroxylation is 2. The van der Waals surface area contributed by atoms with Gasteiger partial charge < -0.3 is 9.47 Å². The van der Waals surface area contributed by atoms with Gasteiger partial charge in [0.25, 0.3) is 5.91 Å². The predicted molar refractivity (Wildman–Crippen MR) is 87.9 cm³/mol. The summed E-state index contributed by atoms with van der Waals surface area (Å²) in [7, 11) is 0. The molecule has 23 heavy (non-hydrogen) atoms. The van der Waals surface area contributed by atoms with Crippen molar-refractivity contribution in [1.29, 1.82) is 0 Å². The zero-order chi connectivity index (χ0) is 16.2. The molecule has 1 fully saturated rings. The van der Waals surface area contributed by atoms with Gasteiger partial charge in [-0.3, -0.25) is 10.1 Å². The minimum Gasteiger partial charge on any atom is -0.483 e. The molecule has 1 N–H and O–H groups in total. The van der Waals surface area contributed by atoms with Gasteiger partial charge >= 0.3 is 0 Å². The summed E-state index contributed by atoms with van der Waals surface area (Å²) in [5.74, 6) is 0.461. The minimum absolute atomic E-state index is 0.0182. The number of aromatic nitrogens is 2. The van der Waals surface area contributed by atoms with Gasteiger partial charge in [0.15, 0.2) is 6.61 Å². The highest BCUT2D eigenvalue weighted by Gasteiger charge is 2.22. The Morgan fingerprint density at radius 1 is 1.43 bits per heavy atom. The third-order valence-corrected chi connectivity index (χ3v) is 4.51. The lowest BCUT2D eigenvalue weighted by Gasteiger charge is -2.09. The zero-order valence-electron chi connectivity index (χ0n) is 13.2. The summed E-state index contributed by atoms with van der Waals surface area (Å²) in [5.41, 5.74) is 2.17. The molecule has 0 aliphatic carbocycles. The first kappa shape index (κ1) is 15.9. The Labute approximate surface area is 138 Å². The van der Waals surface area contributed by atoms with Gasteiger partial charge in [0.1, 0.15) is 16.9 Å². The molecule has 2 aromatic rings. The van der Waals surface area contributed by atoms with E-state index in [1.54, 1.807) is 0 Å². The Bertz CT molecular complexity index is 696. The third kappa shape index (κ3) is 4.05. The van der Waals surface area contributed by atoms with Crippen LogP contribution < -0.4 is 10.1 Å². The fourth-order valence-corrected chi connectivity index (χ4v) is 3.29. The molecule has 0 radical (unpaired) electrons. The van der Waals surface area contributed by atoms with E-state index >= 15 is 0 Å². The van der Waals surface area contributed by atoms with Crippen molar-refractivity contribution >= 4 is 22.4 Å². The van der Waals surface area contributed by atoms with Crippen LogP contribution in [0.15, 0.2) is 18.2 Å². The Morgan fingerprint density at radius 2 is 2.30 bits per heavy atom. The molecule has 1 amide bonds. The number of hydrogen-bond donors (Lipinski definition) is 1. The van der Waals surface area contributed by atoms with Gasteiger partial charge in [-0.25, -0.2) is 0 Å². The van der Waals surface area contributed by atoms with E-state index in [4.69, 9.17) is 9.47 Å². The number of anilines is 1. The molecule has 1 aromatic carbocycles. The van der Waals surface area contributed by atoms with E-state index < -0.39 is 0 Å². The highest BCUT2D eigenvalue weighted by atomic mass is 32.1. The van der Waals surface area contributed by atoms with E-state index in [0.717, 1.165) is 35.6 Å². The van der Waals surface area contributed by atoms with E-state index in [9.17, 15) is 4.79 Å². The molecule has 0 saturated carbocycles. The lowest BCUT2D eigenvalue weighted by atomic mass is 10.1. The SMILES string of the molecule is Cc1ccc(OCC(=O)Nc2nnc(C3CCCO3)s2)c(C)c1. The molecule has 0 spiro atoms. The summed E-state index contributed by atoms with van der Waals surface area (Å²) in [6.07, 6.45) is 2.01. The summed E-state index contributed by atoms with van der Waals surface area (Å²) in [6, 6.07) is 5.85. The lowest BCUT2D eigenvalue weighted by molar-refractivity contribution is -0.118. The van der Waals surface area contributed by atoms with Crippen molar-refractivity contribution in [3.05, 3.63) is 34.3 Å². The van der Waals surface area contributed by atoms with Crippen LogP contribution in [0.2, 0.25) is 0 Å². The second-order valence-corrected chi connectivity index (χ2v) is 6.56. The summed E-state index contributed by atoms with van der Waals surface area (Å²) in [4.78, 5) is 12.0. The van der Waals surface area contributed by atoms with Gasteiger partial charge in [-0.05, 0) is 38.3 Å². The van der Waals surface area contributed by atoms with E-state index in [-0.39, 0.29) is 18.6 Å². The standard InChI is InChI=1S/C16H19N3O3S/c1-10-5-6-12(11(2)8-10)22-9-14(20)17-16-19-18-15(23-16)13-4-3-7-21-13/h5-6,8,13H,3-4,7,9H2,1-2H3,(H,17,19,20). The number of nitrogens with zero attached hydrogens (tertiary/aromatic N) is 2. The Hall–Kier alpha value is -1.99. The summed E-state index contributed by atoms with van der Waals surface area (Å²) in [6.45, 7) is 4.68. The van der Waals surface area contributed by atoms with Crippen LogP contribution in [0, 0.1) is 13.8 Å². The average molecular weight is 333 g/mol. The van der Waals surface area contributed by atoms with Gasteiger partial charge in [0, 0.05) is 6.61 Å². The maximum absolute atomic E-state index is 12.0. The first-order chi connectivity index (χ1) is 11.1. The van der Waals surface area contributed by atoms with Crippen LogP contribution in [0.5, 0.6) is 5.75 Å². The summed E-state index contributed by atoms with van der Waals surface area (Å²) >= 11 is 1.35. The maximum atomic E-state index is 12.0. The molecule has 3 rings (SSSR count). The largest absolute Gasteiger partial charge is 0.483 e. The maximum Gasteiger partial charge on any atom is 0.264 e. The molecule has 1 aliphatic heterocycles. The number of amides is 1. The quantitative estimate of drug-likeness (QED) is 0.910. The molecule has 1 saturated heterocycles. The molecule has 7 heteroatoms. The summed E-state index contributed by atoms with van der Waals surface area (Å²) in [5, 5.41) is 12.1. The number of rotatable bonds is 5. The second kappa shape index (κ2) is 7.06. The number of carbonyl (C=O) groups is 1. The molecule has 0 bridgehead atoms. The number of carbonyl (C=O) groups excluding carboxylic acids is 1. The van der Waals surface area contributed by atoms with Gasteiger partial charge in [0.05, 0.1) is 0 Å². The predicted octanol–water partition coefficient (Wildman–Crippen LogP) is 3.02. The molecular formula is C16H19N3O3S. The lowest BCUT2D eigenvalue weighted by Crippen LogP contribution is -2.20. The van der Waals surface area contributed by atoms with Crippen molar-refractivity contribution in [2.45, 2.75) is 32.8 Å². The van der Waals surface area contributed by atoms with E-state index in [0.29, 0.717) is 10.9 Å². The normalized spacial score (nSPS) is 17.2. The smallest absolute Gasteiger partial charge is 0.264 e. The molecule has 6 nitrogen and oxygen atoms in total. The van der Waals surface area contributed by atoms with Crippen LogP contribution >= 0.6 is 11.3 Å². The van der Waals surface area contributed by atoms with E-state index in [1.165, 1.54) is 11.3 Å². The van der Waals surface area contributed by atoms with Crippen LogP contribution in [0.25, 0.3) is 0 Å². The van der Waals surface area contributed by atoms with Gasteiger partial charge in [0.2, 0.25) is 5.13 Å². The highest BCUT2D eigenvalue weighted by molar-refractivity contribution is 7.15. The van der Waals surface area contributed by atoms with Crippen molar-refractivity contribution in [2.75, 3.05) is 18.5 Å². The van der Waals surface area contributed by atoms with Crippen molar-refractivity contribution in [3.8, 4) is 5.75 Å². The van der Waals surface area contributed by atoms with Crippen LogP contribution in [0.3, 0.4) is 0 Å². The topological polar surface area (TPSA) is 73.3 Å². The van der Waals surface area contributed by atoms with Crippen LogP contribution in [0.1, 0.15) is 35.1 Å². The fourth-order valence-electron chi connectivity index (χ4n) is 2.45. The molecule has 2 heterocycles. The molecule has 1 unspecified atom stereocenters. The zero-order valence-corrected chi connectivity index (χ0v) is 14.0. The van der Waals surface area contributed by atoms with Crippen molar-refractivity contribution in [2.24, 2.45) is 0 Å². The number of ether oxygens (including phenoxy) is 2. The Morgan fingerprint density at radius 3 is 3.04 bits per heavy atom.